The Morgan fingerprint density at radius 3 is 2.89 bits per heavy atom. The summed E-state index contributed by atoms with van der Waals surface area (Å²) in [5.41, 5.74) is 0.605. The molecule has 0 amide bonds. The Balaban J connectivity index is 1.92. The molecule has 18 heavy (non-hydrogen) atoms. The van der Waals surface area contributed by atoms with Gasteiger partial charge < -0.3 is 10.4 Å². The van der Waals surface area contributed by atoms with E-state index in [0.717, 1.165) is 0 Å². The van der Waals surface area contributed by atoms with E-state index in [2.05, 4.69) is 25.8 Å². The van der Waals surface area contributed by atoms with Gasteiger partial charge in [0.05, 0.1) is 12.7 Å². The maximum Gasteiger partial charge on any atom is 0.325 e. The van der Waals surface area contributed by atoms with Gasteiger partial charge in [-0.25, -0.2) is 4.68 Å². The average molecular weight is 269 g/mol. The van der Waals surface area contributed by atoms with Gasteiger partial charge in [0.2, 0.25) is 0 Å². The summed E-state index contributed by atoms with van der Waals surface area (Å²) >= 11 is 5.60. The van der Waals surface area contributed by atoms with Gasteiger partial charge in [0.1, 0.15) is 18.1 Å². The summed E-state index contributed by atoms with van der Waals surface area (Å²) in [7, 11) is 0. The van der Waals surface area contributed by atoms with Crippen molar-refractivity contribution in [2.45, 2.75) is 13.1 Å². The van der Waals surface area contributed by atoms with Crippen molar-refractivity contribution in [3.63, 3.8) is 0 Å². The van der Waals surface area contributed by atoms with Crippen LogP contribution in [-0.2, 0) is 17.9 Å². The fourth-order valence-corrected chi connectivity index (χ4v) is 1.33. The molecule has 0 atom stereocenters. The van der Waals surface area contributed by atoms with Gasteiger partial charge in [-0.1, -0.05) is 16.8 Å². The highest BCUT2D eigenvalue weighted by atomic mass is 35.5. The van der Waals surface area contributed by atoms with Gasteiger partial charge >= 0.3 is 5.97 Å². The lowest BCUT2D eigenvalue weighted by Crippen LogP contribution is -2.09. The molecule has 0 aliphatic carbocycles. The van der Waals surface area contributed by atoms with E-state index in [1.165, 1.54) is 4.68 Å². The van der Waals surface area contributed by atoms with E-state index in [4.69, 9.17) is 16.7 Å². The zero-order valence-electron chi connectivity index (χ0n) is 9.12. The van der Waals surface area contributed by atoms with E-state index in [1.54, 1.807) is 18.3 Å². The first-order valence-electron chi connectivity index (χ1n) is 4.97. The molecule has 0 unspecified atom stereocenters. The highest BCUT2D eigenvalue weighted by molar-refractivity contribution is 6.29. The van der Waals surface area contributed by atoms with Gasteiger partial charge in [-0.05, 0) is 12.1 Å². The monoisotopic (exact) mass is 268 g/mol. The number of carboxylic acid groups (broad SMARTS) is 1. The molecule has 2 heterocycles. The molecule has 94 valence electrons. The van der Waals surface area contributed by atoms with Crippen LogP contribution in [-0.4, -0.2) is 36.3 Å². The summed E-state index contributed by atoms with van der Waals surface area (Å²) in [4.78, 5) is 10.5. The second-order valence-corrected chi connectivity index (χ2v) is 3.78. The number of carboxylic acids is 1. The summed E-state index contributed by atoms with van der Waals surface area (Å²) in [6.45, 7) is 0.156. The molecule has 0 aliphatic rings. The molecule has 0 saturated carbocycles. The van der Waals surface area contributed by atoms with E-state index in [9.17, 15) is 4.79 Å². The average Bonchev–Trinajstić information content (AvgIpc) is 2.75. The molecule has 0 spiro atoms. The Morgan fingerprint density at radius 1 is 1.39 bits per heavy atom. The number of nitrogens with zero attached hydrogens (tertiary/aromatic N) is 5. The van der Waals surface area contributed by atoms with E-state index < -0.39 is 5.97 Å². The minimum absolute atomic E-state index is 0.215. The third-order valence-electron chi connectivity index (χ3n) is 1.97. The summed E-state index contributed by atoms with van der Waals surface area (Å²) < 4.78 is 1.24. The first-order valence-corrected chi connectivity index (χ1v) is 5.35. The number of carbonyl (C=O) groups is 1. The number of nitrogens with one attached hydrogen (secondary N) is 1. The Labute approximate surface area is 107 Å². The minimum atomic E-state index is -0.969. The van der Waals surface area contributed by atoms with Crippen LogP contribution in [0.1, 0.15) is 5.69 Å². The topological polar surface area (TPSA) is 106 Å². The molecule has 0 aromatic carbocycles. The second kappa shape index (κ2) is 5.41. The third kappa shape index (κ3) is 3.39. The quantitative estimate of drug-likeness (QED) is 0.809. The van der Waals surface area contributed by atoms with Gasteiger partial charge in [-0.15, -0.1) is 15.3 Å². The largest absolute Gasteiger partial charge is 0.480 e. The fourth-order valence-electron chi connectivity index (χ4n) is 1.23. The predicted molar refractivity (Wildman–Crippen MR) is 62.0 cm³/mol. The Hall–Kier alpha value is -2.22. The van der Waals surface area contributed by atoms with Crippen LogP contribution in [0, 0.1) is 0 Å². The number of anilines is 1. The molecule has 0 aliphatic heterocycles. The number of rotatable bonds is 5. The van der Waals surface area contributed by atoms with Crippen LogP contribution in [0.4, 0.5) is 5.82 Å². The van der Waals surface area contributed by atoms with Crippen molar-refractivity contribution in [2.75, 3.05) is 5.32 Å². The van der Waals surface area contributed by atoms with Gasteiger partial charge in [0.25, 0.3) is 0 Å². The standard InChI is InChI=1S/C9H9ClN6O2/c10-7-1-2-8(14-13-7)11-3-6-4-16(15-12-6)5-9(17)18/h1-2,4H,3,5H2,(H,11,14)(H,17,18). The van der Waals surface area contributed by atoms with Crippen molar-refractivity contribution >= 4 is 23.4 Å². The number of hydrogen-bond donors (Lipinski definition) is 2. The van der Waals surface area contributed by atoms with E-state index >= 15 is 0 Å². The molecule has 2 N–H and O–H groups in total. The van der Waals surface area contributed by atoms with Crippen LogP contribution in [0.25, 0.3) is 0 Å². The van der Waals surface area contributed by atoms with E-state index in [0.29, 0.717) is 23.2 Å². The molecule has 2 rings (SSSR count). The molecule has 0 radical (unpaired) electrons. The lowest BCUT2D eigenvalue weighted by atomic mass is 10.4. The van der Waals surface area contributed by atoms with Gasteiger partial charge in [0.15, 0.2) is 5.15 Å². The zero-order chi connectivity index (χ0) is 13.0. The maximum atomic E-state index is 10.5. The highest BCUT2D eigenvalue weighted by Gasteiger charge is 2.04. The second-order valence-electron chi connectivity index (χ2n) is 3.40. The zero-order valence-corrected chi connectivity index (χ0v) is 9.87. The summed E-state index contributed by atoms with van der Waals surface area (Å²) in [6.07, 6.45) is 1.55. The van der Waals surface area contributed by atoms with Crippen LogP contribution in [0.3, 0.4) is 0 Å². The van der Waals surface area contributed by atoms with Crippen molar-refractivity contribution in [3.05, 3.63) is 29.2 Å². The SMILES string of the molecule is O=C(O)Cn1cc(CNc2ccc(Cl)nn2)nn1. The van der Waals surface area contributed by atoms with Crippen molar-refractivity contribution in [2.24, 2.45) is 0 Å². The van der Waals surface area contributed by atoms with Crippen molar-refractivity contribution in [3.8, 4) is 0 Å². The molecule has 0 fully saturated rings. The normalized spacial score (nSPS) is 10.3. The number of halogens is 1. The molecule has 2 aromatic heterocycles. The molecule has 9 heteroatoms. The summed E-state index contributed by atoms with van der Waals surface area (Å²) in [6, 6.07) is 3.29. The molecular formula is C9H9ClN6O2. The number of hydrogen-bond acceptors (Lipinski definition) is 6. The molecule has 0 bridgehead atoms. The molecular weight excluding hydrogens is 260 g/mol. The molecule has 0 saturated heterocycles. The fraction of sp³-hybridized carbons (Fsp3) is 0.222. The Morgan fingerprint density at radius 2 is 2.22 bits per heavy atom. The maximum absolute atomic E-state index is 10.5. The summed E-state index contributed by atoms with van der Waals surface area (Å²) in [5, 5.41) is 26.8. The minimum Gasteiger partial charge on any atom is -0.480 e. The van der Waals surface area contributed by atoms with Crippen molar-refractivity contribution < 1.29 is 9.90 Å². The first kappa shape index (κ1) is 12.2. The highest BCUT2D eigenvalue weighted by Crippen LogP contribution is 2.07. The smallest absolute Gasteiger partial charge is 0.325 e. The van der Waals surface area contributed by atoms with Gasteiger partial charge in [-0.3, -0.25) is 4.79 Å². The lowest BCUT2D eigenvalue weighted by molar-refractivity contribution is -0.137. The van der Waals surface area contributed by atoms with Gasteiger partial charge in [0, 0.05) is 0 Å². The van der Waals surface area contributed by atoms with Gasteiger partial charge in [-0.2, -0.15) is 0 Å². The lowest BCUT2D eigenvalue weighted by Gasteiger charge is -2.00. The Bertz CT molecular complexity index is 540. The van der Waals surface area contributed by atoms with Crippen LogP contribution < -0.4 is 5.32 Å². The van der Waals surface area contributed by atoms with E-state index in [1.807, 2.05) is 0 Å². The molecule has 2 aromatic rings. The number of aliphatic carboxylic acids is 1. The number of aromatic nitrogens is 5. The van der Waals surface area contributed by atoms with Crippen LogP contribution in [0.15, 0.2) is 18.3 Å². The third-order valence-corrected chi connectivity index (χ3v) is 2.17. The summed E-state index contributed by atoms with van der Waals surface area (Å²) in [5.74, 6) is -0.421. The van der Waals surface area contributed by atoms with Crippen molar-refractivity contribution in [1.82, 2.24) is 25.2 Å². The van der Waals surface area contributed by atoms with Crippen LogP contribution in [0.5, 0.6) is 0 Å². The predicted octanol–water partition coefficient (Wildman–Crippen LogP) is 0.418. The van der Waals surface area contributed by atoms with Crippen LogP contribution in [0.2, 0.25) is 5.15 Å². The molecule has 8 nitrogen and oxygen atoms in total. The Kier molecular flexibility index (Phi) is 3.68. The van der Waals surface area contributed by atoms with Crippen LogP contribution >= 0.6 is 11.6 Å². The van der Waals surface area contributed by atoms with Crippen molar-refractivity contribution in [1.29, 1.82) is 0 Å². The van der Waals surface area contributed by atoms with E-state index in [-0.39, 0.29) is 6.54 Å². The first-order chi connectivity index (χ1) is 8.63.